The summed E-state index contributed by atoms with van der Waals surface area (Å²) in [5, 5.41) is 19.8. The number of ether oxygens (including phenoxy) is 1. The Kier molecular flexibility index (Phi) is 8.29. The highest BCUT2D eigenvalue weighted by molar-refractivity contribution is 5.81. The molecule has 0 rings (SSSR count). The number of carbonyl (C=O) groups is 2. The van der Waals surface area contributed by atoms with Crippen LogP contribution in [0.2, 0.25) is 0 Å². The van der Waals surface area contributed by atoms with Crippen molar-refractivity contribution in [2.24, 2.45) is 5.73 Å². The first-order valence-corrected chi connectivity index (χ1v) is 5.42. The summed E-state index contributed by atoms with van der Waals surface area (Å²) in [5.74, 6) is -1.65. The molecule has 2 atom stereocenters. The van der Waals surface area contributed by atoms with Crippen molar-refractivity contribution < 1.29 is 24.5 Å². The molecule has 0 saturated carbocycles. The average Bonchev–Trinajstić information content (AvgIpc) is 2.28. The Bertz CT molecular complexity index is 247. The summed E-state index contributed by atoms with van der Waals surface area (Å²) < 4.78 is 4.83. The number of hydrogen-bond donors (Lipinski definition) is 4. The highest BCUT2D eigenvalue weighted by atomic mass is 16.5. The van der Waals surface area contributed by atoms with Crippen molar-refractivity contribution in [3.05, 3.63) is 0 Å². The number of hydrogen-bond acceptors (Lipinski definition) is 5. The van der Waals surface area contributed by atoms with Crippen LogP contribution in [-0.2, 0) is 14.3 Å². The van der Waals surface area contributed by atoms with E-state index in [9.17, 15) is 9.59 Å². The van der Waals surface area contributed by atoms with E-state index in [4.69, 9.17) is 20.7 Å². The van der Waals surface area contributed by atoms with Gasteiger partial charge in [0.2, 0.25) is 5.91 Å². The predicted molar refractivity (Wildman–Crippen MR) is 60.4 cm³/mol. The van der Waals surface area contributed by atoms with Gasteiger partial charge in [-0.15, -0.1) is 0 Å². The van der Waals surface area contributed by atoms with Gasteiger partial charge in [0.25, 0.3) is 0 Å². The van der Waals surface area contributed by atoms with Crippen molar-refractivity contribution in [3.63, 3.8) is 0 Å². The maximum absolute atomic E-state index is 11.4. The molecule has 7 nitrogen and oxygen atoms in total. The Morgan fingerprint density at radius 1 is 1.41 bits per heavy atom. The maximum Gasteiger partial charge on any atom is 0.332 e. The molecule has 0 radical (unpaired) electrons. The summed E-state index contributed by atoms with van der Waals surface area (Å²) in [5.41, 5.74) is 5.59. The Balaban J connectivity index is 3.67. The molecule has 0 aromatic heterocycles. The van der Waals surface area contributed by atoms with Crippen LogP contribution in [0.25, 0.3) is 0 Å². The van der Waals surface area contributed by atoms with E-state index in [0.29, 0.717) is 19.4 Å². The number of rotatable bonds is 9. The van der Waals surface area contributed by atoms with Crippen LogP contribution in [0, 0.1) is 0 Å². The minimum Gasteiger partial charge on any atom is -0.479 e. The van der Waals surface area contributed by atoms with Gasteiger partial charge in [0, 0.05) is 26.7 Å². The third-order valence-corrected chi connectivity index (χ3v) is 2.20. The fourth-order valence-corrected chi connectivity index (χ4v) is 1.17. The van der Waals surface area contributed by atoms with Crippen molar-refractivity contribution in [2.45, 2.75) is 31.4 Å². The molecule has 1 unspecified atom stereocenters. The van der Waals surface area contributed by atoms with Crippen LogP contribution in [0.3, 0.4) is 0 Å². The van der Waals surface area contributed by atoms with Crippen LogP contribution in [0.5, 0.6) is 0 Å². The quantitative estimate of drug-likeness (QED) is 0.376. The van der Waals surface area contributed by atoms with Crippen molar-refractivity contribution in [1.29, 1.82) is 0 Å². The van der Waals surface area contributed by atoms with Crippen molar-refractivity contribution in [1.82, 2.24) is 5.32 Å². The van der Waals surface area contributed by atoms with Gasteiger partial charge in [0.15, 0.2) is 6.10 Å². The minimum absolute atomic E-state index is 0.0358. The number of carboxylic acid groups (broad SMARTS) is 1. The van der Waals surface area contributed by atoms with Crippen LogP contribution < -0.4 is 11.1 Å². The third-order valence-electron chi connectivity index (χ3n) is 2.20. The average molecular weight is 248 g/mol. The van der Waals surface area contributed by atoms with Crippen molar-refractivity contribution in [3.8, 4) is 0 Å². The summed E-state index contributed by atoms with van der Waals surface area (Å²) in [6.07, 6.45) is -0.310. The minimum atomic E-state index is -1.46. The van der Waals surface area contributed by atoms with Crippen molar-refractivity contribution in [2.75, 3.05) is 20.3 Å². The molecule has 0 aliphatic carbocycles. The second-order valence-electron chi connectivity index (χ2n) is 3.68. The van der Waals surface area contributed by atoms with Gasteiger partial charge in [-0.25, -0.2) is 4.79 Å². The van der Waals surface area contributed by atoms with Crippen molar-refractivity contribution >= 4 is 11.9 Å². The lowest BCUT2D eigenvalue weighted by atomic mass is 10.1. The smallest absolute Gasteiger partial charge is 0.332 e. The molecule has 1 amide bonds. The van der Waals surface area contributed by atoms with E-state index in [-0.39, 0.29) is 18.9 Å². The Morgan fingerprint density at radius 2 is 2.06 bits per heavy atom. The van der Waals surface area contributed by atoms with Gasteiger partial charge in [0.1, 0.15) is 0 Å². The first-order valence-electron chi connectivity index (χ1n) is 5.42. The van der Waals surface area contributed by atoms with Gasteiger partial charge in [-0.1, -0.05) is 0 Å². The number of nitrogens with one attached hydrogen (secondary N) is 1. The lowest BCUT2D eigenvalue weighted by Gasteiger charge is -2.12. The van der Waals surface area contributed by atoms with E-state index in [1.165, 1.54) is 0 Å². The molecule has 0 aliphatic rings. The molecule has 0 aromatic rings. The molecule has 5 N–H and O–H groups in total. The highest BCUT2D eigenvalue weighted by Crippen LogP contribution is 1.96. The molecular formula is C10H20N2O5. The highest BCUT2D eigenvalue weighted by Gasteiger charge is 2.15. The fourth-order valence-electron chi connectivity index (χ4n) is 1.17. The van der Waals surface area contributed by atoms with Crippen LogP contribution in [0.1, 0.15) is 19.3 Å². The second kappa shape index (κ2) is 8.91. The normalized spacial score (nSPS) is 14.1. The number of amides is 1. The maximum atomic E-state index is 11.4. The Morgan fingerprint density at radius 3 is 2.59 bits per heavy atom. The summed E-state index contributed by atoms with van der Waals surface area (Å²) in [4.78, 5) is 21.7. The summed E-state index contributed by atoms with van der Waals surface area (Å²) >= 11 is 0. The molecular weight excluding hydrogens is 228 g/mol. The largest absolute Gasteiger partial charge is 0.479 e. The topological polar surface area (TPSA) is 122 Å². The number of carboxylic acids is 1. The molecule has 0 heterocycles. The Hall–Kier alpha value is -1.18. The van der Waals surface area contributed by atoms with Crippen LogP contribution >= 0.6 is 0 Å². The van der Waals surface area contributed by atoms with Gasteiger partial charge >= 0.3 is 5.97 Å². The molecule has 100 valence electrons. The zero-order valence-electron chi connectivity index (χ0n) is 9.89. The van der Waals surface area contributed by atoms with Gasteiger partial charge in [0.05, 0.1) is 6.04 Å². The van der Waals surface area contributed by atoms with Gasteiger partial charge in [-0.2, -0.15) is 0 Å². The summed E-state index contributed by atoms with van der Waals surface area (Å²) in [7, 11) is 1.57. The molecule has 0 saturated heterocycles. The monoisotopic (exact) mass is 248 g/mol. The van der Waals surface area contributed by atoms with E-state index in [1.54, 1.807) is 7.11 Å². The molecule has 17 heavy (non-hydrogen) atoms. The van der Waals surface area contributed by atoms with E-state index in [0.717, 1.165) is 0 Å². The number of aliphatic hydroxyl groups is 1. The lowest BCUT2D eigenvalue weighted by molar-refractivity contribution is -0.147. The third kappa shape index (κ3) is 7.67. The number of methoxy groups -OCH3 is 1. The molecule has 0 fully saturated rings. The second-order valence-corrected chi connectivity index (χ2v) is 3.68. The standard InChI is InChI=1S/C10H20N2O5/c1-17-6-2-3-7(11)9(14)12-5-4-8(13)10(15)16/h7-8,13H,2-6,11H2,1H3,(H,12,14)(H,15,16)/t7?,8-/m0/s1. The first-order chi connectivity index (χ1) is 7.99. The Labute approximate surface area is 99.9 Å². The van der Waals surface area contributed by atoms with E-state index in [2.05, 4.69) is 5.32 Å². The summed E-state index contributed by atoms with van der Waals surface area (Å²) in [6, 6.07) is -0.632. The van der Waals surface area contributed by atoms with Crippen LogP contribution in [0.15, 0.2) is 0 Å². The van der Waals surface area contributed by atoms with Crippen LogP contribution in [0.4, 0.5) is 0 Å². The molecule has 7 heteroatoms. The number of aliphatic carboxylic acids is 1. The first kappa shape index (κ1) is 15.8. The summed E-state index contributed by atoms with van der Waals surface area (Å²) in [6.45, 7) is 0.628. The number of nitrogens with two attached hydrogens (primary N) is 1. The zero-order valence-corrected chi connectivity index (χ0v) is 9.89. The van der Waals surface area contributed by atoms with Gasteiger partial charge < -0.3 is 26.0 Å². The molecule has 0 aromatic carbocycles. The van der Waals surface area contributed by atoms with Gasteiger partial charge in [-0.05, 0) is 12.8 Å². The fraction of sp³-hybridized carbons (Fsp3) is 0.800. The molecule has 0 bridgehead atoms. The number of carbonyl (C=O) groups excluding carboxylic acids is 1. The predicted octanol–water partition coefficient (Wildman–Crippen LogP) is -1.31. The van der Waals surface area contributed by atoms with Gasteiger partial charge in [-0.3, -0.25) is 4.79 Å². The zero-order chi connectivity index (χ0) is 13.3. The van der Waals surface area contributed by atoms with E-state index >= 15 is 0 Å². The van der Waals surface area contributed by atoms with Crippen LogP contribution in [-0.4, -0.2) is 54.5 Å². The molecule has 0 spiro atoms. The SMILES string of the molecule is COCCCC(N)C(=O)NCC[C@H](O)C(=O)O. The lowest BCUT2D eigenvalue weighted by Crippen LogP contribution is -2.42. The molecule has 0 aliphatic heterocycles. The van der Waals surface area contributed by atoms with E-state index in [1.807, 2.05) is 0 Å². The van der Waals surface area contributed by atoms with E-state index < -0.39 is 18.1 Å². The number of aliphatic hydroxyl groups excluding tert-OH is 1.